The summed E-state index contributed by atoms with van der Waals surface area (Å²) < 4.78 is 5.68. The molecule has 0 heterocycles. The average Bonchev–Trinajstić information content (AvgIpc) is 2.55. The summed E-state index contributed by atoms with van der Waals surface area (Å²) in [6.07, 6.45) is 0. The number of ether oxygens (including phenoxy) is 1. The van der Waals surface area contributed by atoms with E-state index in [1.54, 1.807) is 24.3 Å². The molecule has 2 amide bonds. The molecule has 0 atom stereocenters. The second-order valence-electron chi connectivity index (χ2n) is 5.56. The highest BCUT2D eigenvalue weighted by molar-refractivity contribution is 5.96. The van der Waals surface area contributed by atoms with Crippen molar-refractivity contribution in [2.24, 2.45) is 0 Å². The number of nitrogens with one attached hydrogen (secondary N) is 2. The van der Waals surface area contributed by atoms with Crippen molar-refractivity contribution in [3.8, 4) is 5.75 Å². The van der Waals surface area contributed by atoms with Gasteiger partial charge in [-0.3, -0.25) is 4.79 Å². The van der Waals surface area contributed by atoms with Crippen LogP contribution in [0.25, 0.3) is 0 Å². The lowest BCUT2D eigenvalue weighted by Crippen LogP contribution is -2.32. The van der Waals surface area contributed by atoms with Crippen molar-refractivity contribution in [1.29, 1.82) is 0 Å². The van der Waals surface area contributed by atoms with Crippen LogP contribution in [0.15, 0.2) is 42.5 Å². The minimum atomic E-state index is -0.333. The summed E-state index contributed by atoms with van der Waals surface area (Å²) in [4.78, 5) is 23.2. The molecule has 5 heteroatoms. The van der Waals surface area contributed by atoms with Crippen molar-refractivity contribution < 1.29 is 14.3 Å². The number of carbonyl (C=O) groups excluding carboxylic acids is 2. The van der Waals surface area contributed by atoms with Crippen LogP contribution in [0.3, 0.4) is 0 Å². The molecule has 0 spiro atoms. The van der Waals surface area contributed by atoms with Crippen LogP contribution >= 0.6 is 0 Å². The molecule has 0 saturated carbocycles. The van der Waals surface area contributed by atoms with Crippen molar-refractivity contribution in [3.05, 3.63) is 59.2 Å². The van der Waals surface area contributed by atoms with Gasteiger partial charge in [-0.15, -0.1) is 0 Å². The minimum absolute atomic E-state index is 0.0408. The van der Waals surface area contributed by atoms with Crippen molar-refractivity contribution >= 4 is 17.5 Å². The first kappa shape index (κ1) is 17.5. The Labute approximate surface area is 142 Å². The van der Waals surface area contributed by atoms with E-state index in [2.05, 4.69) is 10.6 Å². The van der Waals surface area contributed by atoms with Gasteiger partial charge < -0.3 is 15.4 Å². The van der Waals surface area contributed by atoms with Gasteiger partial charge in [0, 0.05) is 11.3 Å². The zero-order chi connectivity index (χ0) is 17.5. The number of hydrogen-bond donors (Lipinski definition) is 2. The number of urea groups is 1. The fourth-order valence-corrected chi connectivity index (χ4v) is 2.20. The lowest BCUT2D eigenvalue weighted by atomic mass is 10.1. The summed E-state index contributed by atoms with van der Waals surface area (Å²) in [5.74, 6) is 0.785. The summed E-state index contributed by atoms with van der Waals surface area (Å²) in [7, 11) is 0. The third-order valence-electron chi connectivity index (χ3n) is 3.73. The maximum atomic E-state index is 11.9. The highest BCUT2D eigenvalue weighted by Gasteiger charge is 2.05. The van der Waals surface area contributed by atoms with Crippen LogP contribution in [0.2, 0.25) is 0 Å². The molecule has 0 aromatic heterocycles. The van der Waals surface area contributed by atoms with E-state index in [9.17, 15) is 9.59 Å². The number of anilines is 1. The molecule has 0 unspecified atom stereocenters. The Morgan fingerprint density at radius 1 is 1.08 bits per heavy atom. The summed E-state index contributed by atoms with van der Waals surface area (Å²) in [5, 5.41) is 5.42. The Hall–Kier alpha value is -2.82. The Bertz CT molecular complexity index is 741. The Kier molecular flexibility index (Phi) is 5.95. The van der Waals surface area contributed by atoms with Crippen LogP contribution in [-0.2, 0) is 0 Å². The van der Waals surface area contributed by atoms with Crippen molar-refractivity contribution in [2.45, 2.75) is 20.8 Å². The summed E-state index contributed by atoms with van der Waals surface area (Å²) in [6.45, 7) is 6.29. The first-order valence-electron chi connectivity index (χ1n) is 7.82. The predicted octanol–water partition coefficient (Wildman–Crippen LogP) is 3.71. The largest absolute Gasteiger partial charge is 0.491 e. The van der Waals surface area contributed by atoms with Gasteiger partial charge in [-0.2, -0.15) is 0 Å². The lowest BCUT2D eigenvalue weighted by Gasteiger charge is -2.12. The molecular weight excluding hydrogens is 304 g/mol. The summed E-state index contributed by atoms with van der Waals surface area (Å²) in [6, 6.07) is 12.4. The van der Waals surface area contributed by atoms with E-state index in [4.69, 9.17) is 4.74 Å². The highest BCUT2D eigenvalue weighted by atomic mass is 16.5. The summed E-state index contributed by atoms with van der Waals surface area (Å²) >= 11 is 0. The number of amides is 2. The fraction of sp³-hybridized carbons (Fsp3) is 0.263. The van der Waals surface area contributed by atoms with Crippen LogP contribution in [0.5, 0.6) is 5.75 Å². The van der Waals surface area contributed by atoms with Gasteiger partial charge in [-0.25, -0.2) is 4.79 Å². The second kappa shape index (κ2) is 8.15. The van der Waals surface area contributed by atoms with Crippen LogP contribution in [0.1, 0.15) is 28.4 Å². The number of carbonyl (C=O) groups is 2. The minimum Gasteiger partial charge on any atom is -0.491 e. The molecule has 0 aliphatic rings. The molecule has 2 aromatic carbocycles. The second-order valence-corrected chi connectivity index (χ2v) is 5.56. The maximum Gasteiger partial charge on any atom is 0.319 e. The Balaban J connectivity index is 1.78. The maximum absolute atomic E-state index is 11.9. The zero-order valence-corrected chi connectivity index (χ0v) is 14.2. The molecule has 2 N–H and O–H groups in total. The van der Waals surface area contributed by atoms with Gasteiger partial charge in [0.1, 0.15) is 12.4 Å². The number of rotatable bonds is 6. The molecule has 0 aliphatic carbocycles. The number of ketones is 1. The zero-order valence-electron chi connectivity index (χ0n) is 14.2. The Morgan fingerprint density at radius 3 is 2.58 bits per heavy atom. The standard InChI is InChI=1S/C19H22N2O3/c1-13-6-4-9-18(14(13)2)24-11-10-20-19(23)21-17-8-5-7-16(12-17)15(3)22/h4-9,12H,10-11H2,1-3H3,(H2,20,21,23). The predicted molar refractivity (Wildman–Crippen MR) is 94.9 cm³/mol. The van der Waals surface area contributed by atoms with E-state index in [0.29, 0.717) is 24.4 Å². The van der Waals surface area contributed by atoms with Gasteiger partial charge in [0.05, 0.1) is 6.54 Å². The molecule has 0 radical (unpaired) electrons. The van der Waals surface area contributed by atoms with E-state index in [1.165, 1.54) is 12.5 Å². The van der Waals surface area contributed by atoms with Crippen LogP contribution in [0.4, 0.5) is 10.5 Å². The average molecular weight is 326 g/mol. The number of hydrogen-bond acceptors (Lipinski definition) is 3. The summed E-state index contributed by atoms with van der Waals surface area (Å²) in [5.41, 5.74) is 3.41. The molecule has 126 valence electrons. The quantitative estimate of drug-likeness (QED) is 0.628. The molecule has 0 aliphatic heterocycles. The molecule has 2 rings (SSSR count). The van der Waals surface area contributed by atoms with Crippen molar-refractivity contribution in [1.82, 2.24) is 5.32 Å². The molecule has 0 fully saturated rings. The third kappa shape index (κ3) is 4.84. The molecule has 0 bridgehead atoms. The van der Waals surface area contributed by atoms with E-state index >= 15 is 0 Å². The molecule has 24 heavy (non-hydrogen) atoms. The van der Waals surface area contributed by atoms with Gasteiger partial charge in [-0.05, 0) is 50.1 Å². The first-order chi connectivity index (χ1) is 11.5. The number of benzene rings is 2. The Morgan fingerprint density at radius 2 is 1.83 bits per heavy atom. The topological polar surface area (TPSA) is 67.4 Å². The number of Topliss-reactive ketones (excluding diaryl/α,β-unsaturated/α-hetero) is 1. The normalized spacial score (nSPS) is 10.1. The van der Waals surface area contributed by atoms with Gasteiger partial charge in [-0.1, -0.05) is 24.3 Å². The van der Waals surface area contributed by atoms with Gasteiger partial charge in [0.2, 0.25) is 0 Å². The fourth-order valence-electron chi connectivity index (χ4n) is 2.20. The smallest absolute Gasteiger partial charge is 0.319 e. The SMILES string of the molecule is CC(=O)c1cccc(NC(=O)NCCOc2cccc(C)c2C)c1. The molecule has 5 nitrogen and oxygen atoms in total. The van der Waals surface area contributed by atoms with Crippen molar-refractivity contribution in [2.75, 3.05) is 18.5 Å². The molecule has 0 saturated heterocycles. The lowest BCUT2D eigenvalue weighted by molar-refractivity contribution is 0.101. The van der Waals surface area contributed by atoms with E-state index < -0.39 is 0 Å². The van der Waals surface area contributed by atoms with Crippen molar-refractivity contribution in [3.63, 3.8) is 0 Å². The van der Waals surface area contributed by atoms with Gasteiger partial charge in [0.15, 0.2) is 5.78 Å². The van der Waals surface area contributed by atoms with E-state index in [1.807, 2.05) is 32.0 Å². The van der Waals surface area contributed by atoms with E-state index in [-0.39, 0.29) is 11.8 Å². The first-order valence-corrected chi connectivity index (χ1v) is 7.82. The van der Waals surface area contributed by atoms with Crippen LogP contribution in [0, 0.1) is 13.8 Å². The van der Waals surface area contributed by atoms with Crippen LogP contribution in [-0.4, -0.2) is 25.0 Å². The third-order valence-corrected chi connectivity index (χ3v) is 3.73. The van der Waals surface area contributed by atoms with Gasteiger partial charge >= 0.3 is 6.03 Å². The van der Waals surface area contributed by atoms with Gasteiger partial charge in [0.25, 0.3) is 0 Å². The molecule has 2 aromatic rings. The number of aryl methyl sites for hydroxylation is 1. The van der Waals surface area contributed by atoms with E-state index in [0.717, 1.165) is 11.3 Å². The van der Waals surface area contributed by atoms with Crippen LogP contribution < -0.4 is 15.4 Å². The monoisotopic (exact) mass is 326 g/mol. The highest BCUT2D eigenvalue weighted by Crippen LogP contribution is 2.20. The molecular formula is C19H22N2O3.